The molecule has 0 aliphatic carbocycles. The summed E-state index contributed by atoms with van der Waals surface area (Å²) in [7, 11) is -2.28. The molecule has 0 heterocycles. The Labute approximate surface area is 100 Å². The third kappa shape index (κ3) is 6.41. The lowest BCUT2D eigenvalue weighted by Gasteiger charge is -2.21. The molecule has 0 saturated heterocycles. The zero-order chi connectivity index (χ0) is 13.6. The summed E-state index contributed by atoms with van der Waals surface area (Å²) in [5.74, 6) is -2.02. The number of carbonyl (C=O) groups is 2. The van der Waals surface area contributed by atoms with Crippen LogP contribution in [0.1, 0.15) is 13.3 Å². The minimum absolute atomic E-state index is 0.109. The highest BCUT2D eigenvalue weighted by Crippen LogP contribution is 2.33. The normalized spacial score (nSPS) is 13.2. The average molecular weight is 266 g/mol. The van der Waals surface area contributed by atoms with Crippen LogP contribution in [0.25, 0.3) is 0 Å². The van der Waals surface area contributed by atoms with Crippen molar-refractivity contribution in [2.75, 3.05) is 26.2 Å². The maximum absolute atomic E-state index is 11.4. The van der Waals surface area contributed by atoms with E-state index in [0.29, 0.717) is 0 Å². The summed E-state index contributed by atoms with van der Waals surface area (Å²) in [6.07, 6.45) is 0.272. The van der Waals surface area contributed by atoms with Crippen molar-refractivity contribution in [2.45, 2.75) is 19.4 Å². The fourth-order valence-electron chi connectivity index (χ4n) is 1.14. The van der Waals surface area contributed by atoms with E-state index in [1.165, 1.54) is 0 Å². The van der Waals surface area contributed by atoms with E-state index in [1.807, 2.05) is 0 Å². The molecule has 0 saturated carbocycles. The van der Waals surface area contributed by atoms with Gasteiger partial charge in [0.15, 0.2) is 6.04 Å². The van der Waals surface area contributed by atoms with Gasteiger partial charge < -0.3 is 15.0 Å². The van der Waals surface area contributed by atoms with Gasteiger partial charge in [-0.05, 0) is 19.8 Å². The van der Waals surface area contributed by atoms with Gasteiger partial charge in [0.1, 0.15) is 0 Å². The van der Waals surface area contributed by atoms with Gasteiger partial charge in [0.25, 0.3) is 5.91 Å². The lowest BCUT2D eigenvalue weighted by atomic mass is 10.2. The highest BCUT2D eigenvalue weighted by molar-refractivity contribution is 7.62. The molecule has 8 heteroatoms. The van der Waals surface area contributed by atoms with Crippen molar-refractivity contribution >= 4 is 19.0 Å². The number of hydrogen-bond donors (Lipinski definition) is 3. The molecule has 1 unspecified atom stereocenters. The van der Waals surface area contributed by atoms with Crippen molar-refractivity contribution in [1.29, 1.82) is 0 Å². The van der Waals surface area contributed by atoms with E-state index in [0.717, 1.165) is 0 Å². The first-order chi connectivity index (χ1) is 7.69. The summed E-state index contributed by atoms with van der Waals surface area (Å²) in [5.41, 5.74) is 0. The van der Waals surface area contributed by atoms with E-state index in [1.54, 1.807) is 20.3 Å². The van der Waals surface area contributed by atoms with Crippen LogP contribution < -0.4 is 5.32 Å². The Morgan fingerprint density at radius 3 is 2.29 bits per heavy atom. The van der Waals surface area contributed by atoms with Crippen LogP contribution in [0, 0.1) is 0 Å². The summed E-state index contributed by atoms with van der Waals surface area (Å²) in [5, 5.41) is 20.9. The summed E-state index contributed by atoms with van der Waals surface area (Å²) < 4.78 is 11.3. The summed E-state index contributed by atoms with van der Waals surface area (Å²) in [6, 6.07) is -1.25. The highest BCUT2D eigenvalue weighted by Gasteiger charge is 2.26. The Hall–Kier alpha value is -0.910. The van der Waals surface area contributed by atoms with Gasteiger partial charge in [0, 0.05) is 6.29 Å². The van der Waals surface area contributed by atoms with Crippen molar-refractivity contribution in [2.24, 2.45) is 0 Å². The number of aliphatic carboxylic acids is 1. The molecule has 100 valence electrons. The molecule has 1 atom stereocenters. The van der Waals surface area contributed by atoms with Gasteiger partial charge in [0.2, 0.25) is 0 Å². The first-order valence-corrected chi connectivity index (χ1v) is 7.96. The Morgan fingerprint density at radius 1 is 1.41 bits per heavy atom. The molecular formula is C9H19N2O5P. The highest BCUT2D eigenvalue weighted by atomic mass is 31.2. The summed E-state index contributed by atoms with van der Waals surface area (Å²) in [4.78, 5) is 22.1. The molecule has 0 aromatic carbocycles. The Bertz CT molecular complexity index is 327. The number of nitrogens with one attached hydrogen (secondary N) is 1. The third-order valence-corrected chi connectivity index (χ3v) is 2.98. The average Bonchev–Trinajstić information content (AvgIpc) is 2.15. The van der Waals surface area contributed by atoms with Crippen LogP contribution in [0.4, 0.5) is 0 Å². The number of carboxylic acids is 1. The number of carboxylic acid groups (broad SMARTS) is 1. The molecule has 17 heavy (non-hydrogen) atoms. The van der Waals surface area contributed by atoms with E-state index in [9.17, 15) is 19.4 Å². The molecule has 0 rings (SSSR count). The zero-order valence-corrected chi connectivity index (χ0v) is 11.1. The minimum Gasteiger partial charge on any atom is -0.480 e. The predicted molar refractivity (Wildman–Crippen MR) is 62.7 cm³/mol. The second kappa shape index (κ2) is 6.74. The van der Waals surface area contributed by atoms with Crippen LogP contribution >= 0.6 is 7.14 Å². The van der Waals surface area contributed by atoms with Crippen LogP contribution in [0.15, 0.2) is 0 Å². The number of rotatable bonds is 7. The van der Waals surface area contributed by atoms with E-state index >= 15 is 0 Å². The summed E-state index contributed by atoms with van der Waals surface area (Å²) in [6.45, 7) is 4.43. The van der Waals surface area contributed by atoms with Crippen LogP contribution in [0.3, 0.4) is 0 Å². The number of carbonyl (C=O) groups excluding carboxylic acids is 1. The molecule has 3 N–H and O–H groups in total. The number of nitrogens with zero attached hydrogens (tertiary/aromatic N) is 1. The van der Waals surface area contributed by atoms with E-state index in [-0.39, 0.29) is 24.3 Å². The maximum atomic E-state index is 11.4. The van der Waals surface area contributed by atoms with Crippen LogP contribution in [0.5, 0.6) is 0 Å². The molecule has 0 aromatic rings. The second-order valence-corrected chi connectivity index (χ2v) is 7.62. The SMILES string of the molecule is CCC(C(=O)O)N(O)C(=O)CNCP(C)(C)=O. The van der Waals surface area contributed by atoms with Crippen LogP contribution in [-0.4, -0.2) is 59.5 Å². The van der Waals surface area contributed by atoms with Gasteiger partial charge >= 0.3 is 5.97 Å². The molecule has 0 bridgehead atoms. The third-order valence-electron chi connectivity index (χ3n) is 1.99. The molecule has 0 aliphatic heterocycles. The van der Waals surface area contributed by atoms with E-state index in [2.05, 4.69) is 5.32 Å². The molecule has 0 fully saturated rings. The van der Waals surface area contributed by atoms with Gasteiger partial charge in [0.05, 0.1) is 13.7 Å². The molecule has 0 radical (unpaired) electrons. The molecular weight excluding hydrogens is 247 g/mol. The van der Waals surface area contributed by atoms with Gasteiger partial charge in [-0.1, -0.05) is 6.92 Å². The first-order valence-electron chi connectivity index (χ1n) is 5.17. The summed E-state index contributed by atoms with van der Waals surface area (Å²) >= 11 is 0. The fraction of sp³-hybridized carbons (Fsp3) is 0.778. The van der Waals surface area contributed by atoms with Crippen LogP contribution in [0.2, 0.25) is 0 Å². The van der Waals surface area contributed by atoms with Gasteiger partial charge in [-0.3, -0.25) is 10.0 Å². The number of hydroxylamine groups is 2. The molecule has 0 aromatic heterocycles. The van der Waals surface area contributed by atoms with Gasteiger partial charge in [-0.2, -0.15) is 0 Å². The zero-order valence-electron chi connectivity index (χ0n) is 10.2. The minimum atomic E-state index is -2.28. The monoisotopic (exact) mass is 266 g/mol. The van der Waals surface area contributed by atoms with E-state index in [4.69, 9.17) is 5.11 Å². The fourth-order valence-corrected chi connectivity index (χ4v) is 1.79. The van der Waals surface area contributed by atoms with Crippen molar-refractivity contribution in [3.05, 3.63) is 0 Å². The van der Waals surface area contributed by atoms with Crippen molar-refractivity contribution < 1.29 is 24.5 Å². The standard InChI is InChI=1S/C9H19N2O5P/c1-4-7(9(13)14)11(15)8(12)5-10-6-17(2,3)16/h7,10,15H,4-6H2,1-3H3,(H,13,14). The molecule has 0 spiro atoms. The lowest BCUT2D eigenvalue weighted by Crippen LogP contribution is -2.46. The largest absolute Gasteiger partial charge is 0.480 e. The van der Waals surface area contributed by atoms with Crippen molar-refractivity contribution in [3.8, 4) is 0 Å². The maximum Gasteiger partial charge on any atom is 0.329 e. The van der Waals surface area contributed by atoms with E-state index < -0.39 is 25.1 Å². The van der Waals surface area contributed by atoms with Crippen molar-refractivity contribution in [3.63, 3.8) is 0 Å². The predicted octanol–water partition coefficient (Wildman–Crippen LogP) is 0.237. The van der Waals surface area contributed by atoms with Gasteiger partial charge in [-0.25, -0.2) is 9.86 Å². The number of hydrogen-bond acceptors (Lipinski definition) is 5. The van der Waals surface area contributed by atoms with Crippen LogP contribution in [-0.2, 0) is 14.2 Å². The van der Waals surface area contributed by atoms with Crippen molar-refractivity contribution in [1.82, 2.24) is 10.4 Å². The Balaban J connectivity index is 4.22. The smallest absolute Gasteiger partial charge is 0.329 e. The Kier molecular flexibility index (Phi) is 6.37. The second-order valence-electron chi connectivity index (χ2n) is 4.16. The van der Waals surface area contributed by atoms with Gasteiger partial charge in [-0.15, -0.1) is 0 Å². The lowest BCUT2D eigenvalue weighted by molar-refractivity contribution is -0.185. The quantitative estimate of drug-likeness (QED) is 0.346. The number of amides is 1. The molecule has 0 aliphatic rings. The first kappa shape index (κ1) is 16.1. The molecule has 1 amide bonds. The topological polar surface area (TPSA) is 107 Å². The molecule has 7 nitrogen and oxygen atoms in total. The Morgan fingerprint density at radius 2 is 1.94 bits per heavy atom.